The number of hydrogen-bond donors (Lipinski definition) is 1. The number of esters is 2. The van der Waals surface area contributed by atoms with Crippen molar-refractivity contribution in [2.75, 3.05) is 18.5 Å². The van der Waals surface area contributed by atoms with Gasteiger partial charge in [0.15, 0.2) is 0 Å². The highest BCUT2D eigenvalue weighted by Gasteiger charge is 2.28. The van der Waals surface area contributed by atoms with Gasteiger partial charge in [0, 0.05) is 4.88 Å². The van der Waals surface area contributed by atoms with Crippen LogP contribution < -0.4 is 5.32 Å². The molecule has 0 unspecified atom stereocenters. The third-order valence-corrected chi connectivity index (χ3v) is 4.47. The van der Waals surface area contributed by atoms with Crippen LogP contribution in [0.4, 0.5) is 5.00 Å². The van der Waals surface area contributed by atoms with Crippen LogP contribution in [0, 0.1) is 0 Å². The van der Waals surface area contributed by atoms with Crippen LogP contribution in [-0.4, -0.2) is 31.1 Å². The van der Waals surface area contributed by atoms with E-state index in [-0.39, 0.29) is 19.6 Å². The van der Waals surface area contributed by atoms with Gasteiger partial charge in [-0.1, -0.05) is 0 Å². The van der Waals surface area contributed by atoms with Crippen LogP contribution in [0.25, 0.3) is 0 Å². The number of nitrogens with one attached hydrogen (secondary N) is 1. The zero-order chi connectivity index (χ0) is 16.1. The molecule has 0 aromatic carbocycles. The highest BCUT2D eigenvalue weighted by Crippen LogP contribution is 2.39. The van der Waals surface area contributed by atoms with E-state index in [1.165, 1.54) is 11.3 Å². The van der Waals surface area contributed by atoms with Crippen molar-refractivity contribution in [1.29, 1.82) is 0 Å². The number of anilines is 1. The monoisotopic (exact) mass is 325 g/mol. The third kappa shape index (κ3) is 3.65. The van der Waals surface area contributed by atoms with E-state index in [0.717, 1.165) is 29.7 Å². The molecule has 22 heavy (non-hydrogen) atoms. The Morgan fingerprint density at radius 3 is 2.55 bits per heavy atom. The lowest BCUT2D eigenvalue weighted by Crippen LogP contribution is -2.19. The maximum atomic E-state index is 12.1. The Bertz CT molecular complexity index is 593. The molecule has 0 radical (unpaired) electrons. The maximum Gasteiger partial charge on any atom is 0.341 e. The van der Waals surface area contributed by atoms with E-state index in [1.807, 2.05) is 0 Å². The zero-order valence-corrected chi connectivity index (χ0v) is 13.5. The number of carbonyl (C=O) groups excluding carboxylic acids is 3. The van der Waals surface area contributed by atoms with Gasteiger partial charge < -0.3 is 14.8 Å². The van der Waals surface area contributed by atoms with E-state index < -0.39 is 17.8 Å². The fraction of sp³-hybridized carbons (Fsp3) is 0.533. The molecule has 2 rings (SSSR count). The molecule has 0 atom stereocenters. The van der Waals surface area contributed by atoms with Crippen LogP contribution in [-0.2, 0) is 31.9 Å². The Morgan fingerprint density at radius 2 is 1.86 bits per heavy atom. The van der Waals surface area contributed by atoms with Gasteiger partial charge in [-0.25, -0.2) is 4.79 Å². The van der Waals surface area contributed by atoms with Gasteiger partial charge >= 0.3 is 11.9 Å². The molecule has 0 saturated carbocycles. The van der Waals surface area contributed by atoms with Crippen molar-refractivity contribution in [3.63, 3.8) is 0 Å². The van der Waals surface area contributed by atoms with E-state index in [9.17, 15) is 14.4 Å². The van der Waals surface area contributed by atoms with E-state index in [2.05, 4.69) is 5.32 Å². The Kier molecular flexibility index (Phi) is 5.54. The molecule has 1 aliphatic carbocycles. The molecule has 1 aromatic rings. The SMILES string of the molecule is CCOC(=O)CC(=O)Nc1sc2c(c1C(=O)OCC)CCC2. The molecule has 0 spiro atoms. The Morgan fingerprint density at radius 1 is 1.14 bits per heavy atom. The number of fused-ring (bicyclic) bond motifs is 1. The van der Waals surface area contributed by atoms with Gasteiger partial charge in [-0.2, -0.15) is 0 Å². The fourth-order valence-electron chi connectivity index (χ4n) is 2.43. The number of carbonyl (C=O) groups is 3. The summed E-state index contributed by atoms with van der Waals surface area (Å²) in [4.78, 5) is 36.5. The number of rotatable bonds is 6. The summed E-state index contributed by atoms with van der Waals surface area (Å²) in [5, 5.41) is 3.12. The molecular formula is C15H19NO5S. The molecule has 6 nitrogen and oxygen atoms in total. The topological polar surface area (TPSA) is 81.7 Å². The number of thiophene rings is 1. The lowest BCUT2D eigenvalue weighted by molar-refractivity contribution is -0.145. The van der Waals surface area contributed by atoms with Crippen molar-refractivity contribution in [3.8, 4) is 0 Å². The van der Waals surface area contributed by atoms with Crippen LogP contribution in [0.2, 0.25) is 0 Å². The molecule has 120 valence electrons. The van der Waals surface area contributed by atoms with Crippen molar-refractivity contribution in [1.82, 2.24) is 0 Å². The summed E-state index contributed by atoms with van der Waals surface area (Å²) in [6.45, 7) is 3.93. The average Bonchev–Trinajstić information content (AvgIpc) is 2.98. The summed E-state index contributed by atoms with van der Waals surface area (Å²) in [7, 11) is 0. The number of aryl methyl sites for hydroxylation is 1. The van der Waals surface area contributed by atoms with Crippen LogP contribution in [0.5, 0.6) is 0 Å². The zero-order valence-electron chi connectivity index (χ0n) is 12.7. The van der Waals surface area contributed by atoms with Crippen molar-refractivity contribution in [3.05, 3.63) is 16.0 Å². The van der Waals surface area contributed by atoms with Gasteiger partial charge in [-0.15, -0.1) is 11.3 Å². The van der Waals surface area contributed by atoms with Crippen LogP contribution in [0.1, 0.15) is 47.5 Å². The van der Waals surface area contributed by atoms with Crippen molar-refractivity contribution < 1.29 is 23.9 Å². The summed E-state index contributed by atoms with van der Waals surface area (Å²) in [6, 6.07) is 0. The second-order valence-electron chi connectivity index (χ2n) is 4.81. The molecule has 1 amide bonds. The lowest BCUT2D eigenvalue weighted by atomic mass is 10.1. The summed E-state index contributed by atoms with van der Waals surface area (Å²) in [6.07, 6.45) is 2.36. The first kappa shape index (κ1) is 16.5. The van der Waals surface area contributed by atoms with E-state index >= 15 is 0 Å². The first-order valence-corrected chi connectivity index (χ1v) is 8.15. The Hall–Kier alpha value is -1.89. The first-order valence-electron chi connectivity index (χ1n) is 7.33. The summed E-state index contributed by atoms with van der Waals surface area (Å²) in [5.74, 6) is -1.49. The van der Waals surface area contributed by atoms with Crippen molar-refractivity contribution >= 4 is 34.2 Å². The molecule has 1 aromatic heterocycles. The molecule has 0 aliphatic heterocycles. The minimum Gasteiger partial charge on any atom is -0.466 e. The van der Waals surface area contributed by atoms with Gasteiger partial charge in [0.25, 0.3) is 0 Å². The largest absolute Gasteiger partial charge is 0.466 e. The molecule has 1 heterocycles. The highest BCUT2D eigenvalue weighted by molar-refractivity contribution is 7.17. The van der Waals surface area contributed by atoms with Gasteiger partial charge in [-0.05, 0) is 38.7 Å². The van der Waals surface area contributed by atoms with Crippen LogP contribution in [0.3, 0.4) is 0 Å². The highest BCUT2D eigenvalue weighted by atomic mass is 32.1. The molecule has 7 heteroatoms. The predicted octanol–water partition coefficient (Wildman–Crippen LogP) is 2.31. The smallest absolute Gasteiger partial charge is 0.341 e. The summed E-state index contributed by atoms with van der Waals surface area (Å²) < 4.78 is 9.82. The Labute approximate surface area is 132 Å². The summed E-state index contributed by atoms with van der Waals surface area (Å²) >= 11 is 1.39. The standard InChI is InChI=1S/C15H19NO5S/c1-3-20-12(18)8-11(17)16-14-13(15(19)21-4-2)9-6-5-7-10(9)22-14/h3-8H2,1-2H3,(H,16,17). The lowest BCUT2D eigenvalue weighted by Gasteiger charge is -2.07. The predicted molar refractivity (Wildman–Crippen MR) is 82.2 cm³/mol. The minimum atomic E-state index is -0.582. The average molecular weight is 325 g/mol. The number of ether oxygens (including phenoxy) is 2. The quantitative estimate of drug-likeness (QED) is 0.641. The maximum absolute atomic E-state index is 12.1. The second-order valence-corrected chi connectivity index (χ2v) is 5.92. The first-order chi connectivity index (χ1) is 10.6. The second kappa shape index (κ2) is 7.40. The number of amides is 1. The van der Waals surface area contributed by atoms with E-state index in [0.29, 0.717) is 10.6 Å². The van der Waals surface area contributed by atoms with Crippen molar-refractivity contribution in [2.24, 2.45) is 0 Å². The normalized spacial score (nSPS) is 12.6. The molecular weight excluding hydrogens is 306 g/mol. The van der Waals surface area contributed by atoms with Crippen LogP contribution in [0.15, 0.2) is 0 Å². The molecule has 1 N–H and O–H groups in total. The van der Waals surface area contributed by atoms with Gasteiger partial charge in [0.2, 0.25) is 5.91 Å². The van der Waals surface area contributed by atoms with E-state index in [1.54, 1.807) is 13.8 Å². The third-order valence-electron chi connectivity index (χ3n) is 3.26. The molecule has 0 fully saturated rings. The van der Waals surface area contributed by atoms with Gasteiger partial charge in [-0.3, -0.25) is 9.59 Å². The van der Waals surface area contributed by atoms with Crippen molar-refractivity contribution in [2.45, 2.75) is 39.5 Å². The van der Waals surface area contributed by atoms with Gasteiger partial charge in [0.1, 0.15) is 11.4 Å². The van der Waals surface area contributed by atoms with Gasteiger partial charge in [0.05, 0.1) is 18.8 Å². The van der Waals surface area contributed by atoms with E-state index in [4.69, 9.17) is 9.47 Å². The van der Waals surface area contributed by atoms with Crippen LogP contribution >= 0.6 is 11.3 Å². The minimum absolute atomic E-state index is 0.230. The number of hydrogen-bond acceptors (Lipinski definition) is 6. The summed E-state index contributed by atoms with van der Waals surface area (Å²) in [5.41, 5.74) is 1.41. The molecule has 0 saturated heterocycles. The molecule has 1 aliphatic rings. The fourth-order valence-corrected chi connectivity index (χ4v) is 3.72. The Balaban J connectivity index is 2.15. The molecule has 0 bridgehead atoms.